The maximum Gasteiger partial charge on any atom is 0.252 e. The van der Waals surface area contributed by atoms with Crippen molar-refractivity contribution in [2.45, 2.75) is 18.9 Å². The topological polar surface area (TPSA) is 49.4 Å². The van der Waals surface area contributed by atoms with E-state index in [1.54, 1.807) is 36.1 Å². The Labute approximate surface area is 156 Å². The van der Waals surface area contributed by atoms with Crippen LogP contribution < -0.4 is 5.32 Å². The molecule has 4 nitrogen and oxygen atoms in total. The molecular formula is C19H18Cl2N2O2. The lowest BCUT2D eigenvalue weighted by Crippen LogP contribution is -2.72. The fourth-order valence-electron chi connectivity index (χ4n) is 2.96. The molecule has 2 aromatic carbocycles. The summed E-state index contributed by atoms with van der Waals surface area (Å²) in [6.45, 7) is 2.83. The predicted molar refractivity (Wildman–Crippen MR) is 99.1 cm³/mol. The molecule has 1 unspecified atom stereocenters. The summed E-state index contributed by atoms with van der Waals surface area (Å²) in [5, 5.41) is 3.99. The highest BCUT2D eigenvalue weighted by Crippen LogP contribution is 2.24. The minimum absolute atomic E-state index is 0.0788. The van der Waals surface area contributed by atoms with Crippen LogP contribution in [0, 0.1) is 0 Å². The van der Waals surface area contributed by atoms with Crippen LogP contribution in [0.1, 0.15) is 22.8 Å². The number of carbonyl (C=O) groups excluding carboxylic acids is 2. The average molecular weight is 377 g/mol. The summed E-state index contributed by atoms with van der Waals surface area (Å²) in [6, 6.07) is 14.3. The molecule has 0 aliphatic carbocycles. The Hall–Kier alpha value is -2.04. The second kappa shape index (κ2) is 7.06. The van der Waals surface area contributed by atoms with Crippen LogP contribution in [0.3, 0.4) is 0 Å². The third-order valence-corrected chi connectivity index (χ3v) is 4.77. The molecule has 6 heteroatoms. The maximum atomic E-state index is 12.5. The van der Waals surface area contributed by atoms with Gasteiger partial charge in [0.05, 0.1) is 6.54 Å². The first-order valence-electron chi connectivity index (χ1n) is 7.99. The molecule has 1 aliphatic rings. The molecule has 0 radical (unpaired) electrons. The number of nitrogens with one attached hydrogen (secondary N) is 1. The van der Waals surface area contributed by atoms with Gasteiger partial charge in [-0.15, -0.1) is 0 Å². The van der Waals surface area contributed by atoms with E-state index >= 15 is 0 Å². The Morgan fingerprint density at radius 1 is 1.16 bits per heavy atom. The highest BCUT2D eigenvalue weighted by Gasteiger charge is 2.49. The van der Waals surface area contributed by atoms with E-state index in [0.29, 0.717) is 28.7 Å². The van der Waals surface area contributed by atoms with Crippen molar-refractivity contribution in [2.24, 2.45) is 0 Å². The van der Waals surface area contributed by atoms with Gasteiger partial charge >= 0.3 is 0 Å². The van der Waals surface area contributed by atoms with Gasteiger partial charge in [-0.05, 0) is 49.2 Å². The van der Waals surface area contributed by atoms with Crippen LogP contribution in [0.15, 0.2) is 48.5 Å². The van der Waals surface area contributed by atoms with Crippen molar-refractivity contribution in [3.63, 3.8) is 0 Å². The number of hydrogen-bond acceptors (Lipinski definition) is 2. The normalized spacial score (nSPS) is 19.5. The van der Waals surface area contributed by atoms with Crippen LogP contribution in [0.25, 0.3) is 0 Å². The fourth-order valence-corrected chi connectivity index (χ4v) is 3.36. The first-order valence-corrected chi connectivity index (χ1v) is 8.75. The highest BCUT2D eigenvalue weighted by atomic mass is 35.5. The maximum absolute atomic E-state index is 12.5. The van der Waals surface area contributed by atoms with E-state index in [4.69, 9.17) is 23.2 Å². The van der Waals surface area contributed by atoms with Gasteiger partial charge in [0.1, 0.15) is 5.54 Å². The SMILES string of the molecule is CC1(NC(=O)c2cccc(Cl)c2)CN(CCc2cccc(Cl)c2)C1=O. The zero-order valence-corrected chi connectivity index (χ0v) is 15.3. The van der Waals surface area contributed by atoms with Crippen LogP contribution in [-0.2, 0) is 11.2 Å². The largest absolute Gasteiger partial charge is 0.337 e. The molecule has 130 valence electrons. The van der Waals surface area contributed by atoms with Crippen molar-refractivity contribution >= 4 is 35.0 Å². The fraction of sp³-hybridized carbons (Fsp3) is 0.263. The standard InChI is InChI=1S/C19H18Cl2N2O2/c1-19(22-17(24)14-5-3-7-16(21)11-14)12-23(18(19)25)9-8-13-4-2-6-15(20)10-13/h2-7,10-11H,8-9,12H2,1H3,(H,22,24). The molecule has 3 rings (SSSR count). The number of hydrogen-bond donors (Lipinski definition) is 1. The van der Waals surface area contributed by atoms with Gasteiger partial charge in [-0.1, -0.05) is 41.4 Å². The molecular weight excluding hydrogens is 359 g/mol. The zero-order chi connectivity index (χ0) is 18.0. The Morgan fingerprint density at radius 3 is 2.48 bits per heavy atom. The van der Waals surface area contributed by atoms with Crippen LogP contribution in [0.4, 0.5) is 0 Å². The number of likely N-dealkylation sites (tertiary alicyclic amines) is 1. The van der Waals surface area contributed by atoms with E-state index < -0.39 is 5.54 Å². The Morgan fingerprint density at radius 2 is 1.84 bits per heavy atom. The molecule has 0 saturated carbocycles. The average Bonchev–Trinajstić information content (AvgIpc) is 2.58. The van der Waals surface area contributed by atoms with E-state index in [0.717, 1.165) is 12.0 Å². The van der Waals surface area contributed by atoms with Crippen molar-refractivity contribution in [1.29, 1.82) is 0 Å². The van der Waals surface area contributed by atoms with E-state index in [-0.39, 0.29) is 11.8 Å². The van der Waals surface area contributed by atoms with Crippen molar-refractivity contribution in [3.8, 4) is 0 Å². The number of halogens is 2. The molecule has 0 bridgehead atoms. The smallest absolute Gasteiger partial charge is 0.252 e. The zero-order valence-electron chi connectivity index (χ0n) is 13.8. The van der Waals surface area contributed by atoms with Gasteiger partial charge in [-0.2, -0.15) is 0 Å². The summed E-state index contributed by atoms with van der Waals surface area (Å²) in [6.07, 6.45) is 0.727. The second-order valence-electron chi connectivity index (χ2n) is 6.40. The highest BCUT2D eigenvalue weighted by molar-refractivity contribution is 6.31. The van der Waals surface area contributed by atoms with Crippen LogP contribution >= 0.6 is 23.2 Å². The lowest BCUT2D eigenvalue weighted by Gasteiger charge is -2.47. The Bertz CT molecular complexity index is 825. The summed E-state index contributed by atoms with van der Waals surface area (Å²) in [4.78, 5) is 26.5. The number of benzene rings is 2. The molecule has 0 aromatic heterocycles. The minimum Gasteiger partial charge on any atom is -0.337 e. The van der Waals surface area contributed by atoms with Gasteiger partial charge in [0.25, 0.3) is 5.91 Å². The minimum atomic E-state index is -0.867. The third kappa shape index (κ3) is 3.97. The Kier molecular flexibility index (Phi) is 5.02. The van der Waals surface area contributed by atoms with Gasteiger partial charge in [0, 0.05) is 22.2 Å². The first-order chi connectivity index (χ1) is 11.9. The molecule has 1 atom stereocenters. The summed E-state index contributed by atoms with van der Waals surface area (Å²) < 4.78 is 0. The monoisotopic (exact) mass is 376 g/mol. The third-order valence-electron chi connectivity index (χ3n) is 4.30. The van der Waals surface area contributed by atoms with Gasteiger partial charge in [-0.25, -0.2) is 0 Å². The molecule has 2 amide bonds. The predicted octanol–water partition coefficient (Wildman–Crippen LogP) is 3.57. The van der Waals surface area contributed by atoms with Crippen molar-refractivity contribution in [3.05, 3.63) is 69.7 Å². The summed E-state index contributed by atoms with van der Waals surface area (Å²) in [5.74, 6) is -0.377. The van der Waals surface area contributed by atoms with Crippen LogP contribution in [0.2, 0.25) is 10.0 Å². The summed E-state index contributed by atoms with van der Waals surface area (Å²) >= 11 is 11.9. The van der Waals surface area contributed by atoms with E-state index in [1.807, 2.05) is 24.3 Å². The van der Waals surface area contributed by atoms with E-state index in [9.17, 15) is 9.59 Å². The van der Waals surface area contributed by atoms with Gasteiger partial charge in [0.15, 0.2) is 0 Å². The van der Waals surface area contributed by atoms with E-state index in [1.165, 1.54) is 0 Å². The van der Waals surface area contributed by atoms with Crippen molar-refractivity contribution in [2.75, 3.05) is 13.1 Å². The van der Waals surface area contributed by atoms with E-state index in [2.05, 4.69) is 5.32 Å². The van der Waals surface area contributed by atoms with Crippen LogP contribution in [-0.4, -0.2) is 35.3 Å². The molecule has 1 heterocycles. The summed E-state index contributed by atoms with van der Waals surface area (Å²) in [7, 11) is 0. The molecule has 1 fully saturated rings. The van der Waals surface area contributed by atoms with Gasteiger partial charge in [0.2, 0.25) is 5.91 Å². The number of nitrogens with zero attached hydrogens (tertiary/aromatic N) is 1. The van der Waals surface area contributed by atoms with Crippen molar-refractivity contribution < 1.29 is 9.59 Å². The molecule has 1 saturated heterocycles. The first kappa shape index (κ1) is 17.8. The number of rotatable bonds is 5. The lowest BCUT2D eigenvalue weighted by molar-refractivity contribution is -0.151. The van der Waals surface area contributed by atoms with Gasteiger partial charge < -0.3 is 10.2 Å². The number of carbonyl (C=O) groups is 2. The lowest BCUT2D eigenvalue weighted by atomic mass is 9.89. The molecule has 25 heavy (non-hydrogen) atoms. The molecule has 1 aliphatic heterocycles. The quantitative estimate of drug-likeness (QED) is 0.810. The summed E-state index contributed by atoms with van der Waals surface area (Å²) in [5.41, 5.74) is 0.657. The number of amides is 2. The van der Waals surface area contributed by atoms with Gasteiger partial charge in [-0.3, -0.25) is 9.59 Å². The molecule has 0 spiro atoms. The van der Waals surface area contributed by atoms with Crippen LogP contribution in [0.5, 0.6) is 0 Å². The Balaban J connectivity index is 1.56. The second-order valence-corrected chi connectivity index (χ2v) is 7.28. The molecule has 2 aromatic rings. The number of β-lactam (4-membered cyclic amide) rings is 1. The van der Waals surface area contributed by atoms with Crippen molar-refractivity contribution in [1.82, 2.24) is 10.2 Å². The molecule has 1 N–H and O–H groups in total.